The number of halogens is 1. The molecule has 1 heterocycles. The van der Waals surface area contributed by atoms with E-state index in [1.807, 2.05) is 0 Å². The number of aryl methyl sites for hydroxylation is 1. The zero-order valence-electron chi connectivity index (χ0n) is 11.0. The maximum Gasteiger partial charge on any atom is 0.269 e. The Kier molecular flexibility index (Phi) is 3.79. The lowest BCUT2D eigenvalue weighted by Gasteiger charge is -2.09. The van der Waals surface area contributed by atoms with E-state index in [2.05, 4.69) is 10.3 Å². The molecule has 21 heavy (non-hydrogen) atoms. The molecule has 0 saturated heterocycles. The third-order valence-corrected chi connectivity index (χ3v) is 2.80. The summed E-state index contributed by atoms with van der Waals surface area (Å²) in [7, 11) is 0. The van der Waals surface area contributed by atoms with Crippen LogP contribution in [0.15, 0.2) is 30.5 Å². The number of aromatic nitrogens is 1. The van der Waals surface area contributed by atoms with Crippen LogP contribution in [-0.4, -0.2) is 15.8 Å². The average Bonchev–Trinajstić information content (AvgIpc) is 2.43. The first-order chi connectivity index (χ1) is 9.88. The van der Waals surface area contributed by atoms with Crippen LogP contribution >= 0.6 is 0 Å². The number of nitrogens with two attached hydrogens (primary N) is 1. The van der Waals surface area contributed by atoms with Crippen LogP contribution in [-0.2, 0) is 0 Å². The van der Waals surface area contributed by atoms with Crippen LogP contribution in [0.5, 0.6) is 0 Å². The molecule has 1 amide bonds. The van der Waals surface area contributed by atoms with Crippen molar-refractivity contribution in [2.45, 2.75) is 6.92 Å². The van der Waals surface area contributed by atoms with E-state index < -0.39 is 16.6 Å². The molecule has 0 spiro atoms. The number of nitro benzene ring substituents is 1. The van der Waals surface area contributed by atoms with E-state index in [9.17, 15) is 19.3 Å². The lowest BCUT2D eigenvalue weighted by Crippen LogP contribution is -2.16. The summed E-state index contributed by atoms with van der Waals surface area (Å²) in [4.78, 5) is 25.7. The van der Waals surface area contributed by atoms with Gasteiger partial charge in [0.25, 0.3) is 11.6 Å². The molecule has 0 aliphatic heterocycles. The Morgan fingerprint density at radius 2 is 2.14 bits per heavy atom. The third-order valence-electron chi connectivity index (χ3n) is 2.80. The summed E-state index contributed by atoms with van der Waals surface area (Å²) in [6, 6.07) is 4.95. The Morgan fingerprint density at radius 1 is 1.43 bits per heavy atom. The number of anilines is 2. The second kappa shape index (κ2) is 5.53. The van der Waals surface area contributed by atoms with Crippen LogP contribution in [0.4, 0.5) is 21.6 Å². The van der Waals surface area contributed by atoms with Gasteiger partial charge in [0.2, 0.25) is 0 Å². The number of hydrogen-bond acceptors (Lipinski definition) is 5. The van der Waals surface area contributed by atoms with Gasteiger partial charge in [-0.15, -0.1) is 0 Å². The maximum absolute atomic E-state index is 13.1. The molecular weight excluding hydrogens is 279 g/mol. The van der Waals surface area contributed by atoms with E-state index in [4.69, 9.17) is 5.73 Å². The number of carbonyl (C=O) groups is 1. The molecule has 3 N–H and O–H groups in total. The first-order valence-electron chi connectivity index (χ1n) is 5.86. The normalized spacial score (nSPS) is 10.2. The fourth-order valence-electron chi connectivity index (χ4n) is 1.72. The van der Waals surface area contributed by atoms with Gasteiger partial charge in [-0.3, -0.25) is 14.9 Å². The minimum absolute atomic E-state index is 0.0857. The van der Waals surface area contributed by atoms with Gasteiger partial charge in [-0.2, -0.15) is 0 Å². The molecule has 2 aromatic rings. The van der Waals surface area contributed by atoms with Gasteiger partial charge in [-0.1, -0.05) is 0 Å². The number of amides is 1. The average molecular weight is 290 g/mol. The highest BCUT2D eigenvalue weighted by Gasteiger charge is 2.15. The van der Waals surface area contributed by atoms with Gasteiger partial charge < -0.3 is 11.1 Å². The molecule has 0 atom stereocenters. The lowest BCUT2D eigenvalue weighted by atomic mass is 10.1. The number of rotatable bonds is 3. The Morgan fingerprint density at radius 3 is 2.76 bits per heavy atom. The molecule has 2 rings (SSSR count). The van der Waals surface area contributed by atoms with Gasteiger partial charge in [0.1, 0.15) is 11.6 Å². The summed E-state index contributed by atoms with van der Waals surface area (Å²) in [6.07, 6.45) is 0.906. The first kappa shape index (κ1) is 14.4. The van der Waals surface area contributed by atoms with Crippen LogP contribution in [0, 0.1) is 22.9 Å². The Labute approximate surface area is 118 Å². The van der Waals surface area contributed by atoms with Crippen molar-refractivity contribution in [2.75, 3.05) is 11.1 Å². The van der Waals surface area contributed by atoms with Crippen molar-refractivity contribution < 1.29 is 14.1 Å². The molecule has 0 fully saturated rings. The summed E-state index contributed by atoms with van der Waals surface area (Å²) >= 11 is 0. The van der Waals surface area contributed by atoms with Crippen molar-refractivity contribution in [3.8, 4) is 0 Å². The molecule has 108 valence electrons. The van der Waals surface area contributed by atoms with E-state index in [1.54, 1.807) is 6.92 Å². The van der Waals surface area contributed by atoms with Crippen molar-refractivity contribution in [3.05, 3.63) is 57.5 Å². The van der Waals surface area contributed by atoms with Crippen molar-refractivity contribution in [1.29, 1.82) is 0 Å². The molecule has 0 aliphatic rings. The van der Waals surface area contributed by atoms with Crippen molar-refractivity contribution in [1.82, 2.24) is 4.98 Å². The van der Waals surface area contributed by atoms with Crippen LogP contribution in [0.1, 0.15) is 15.9 Å². The van der Waals surface area contributed by atoms with Gasteiger partial charge in [0, 0.05) is 17.8 Å². The Bertz CT molecular complexity index is 733. The Hall–Kier alpha value is -3.03. The summed E-state index contributed by atoms with van der Waals surface area (Å²) < 4.78 is 13.1. The van der Waals surface area contributed by atoms with Gasteiger partial charge >= 0.3 is 0 Å². The van der Waals surface area contributed by atoms with E-state index in [-0.39, 0.29) is 17.1 Å². The van der Waals surface area contributed by atoms with Gasteiger partial charge in [-0.05, 0) is 24.6 Å². The molecule has 8 heteroatoms. The number of nitrogens with zero attached hydrogens (tertiary/aromatic N) is 2. The van der Waals surface area contributed by atoms with Gasteiger partial charge in [-0.25, -0.2) is 9.37 Å². The van der Waals surface area contributed by atoms with Crippen molar-refractivity contribution in [3.63, 3.8) is 0 Å². The van der Waals surface area contributed by atoms with Gasteiger partial charge in [0.15, 0.2) is 0 Å². The first-order valence-corrected chi connectivity index (χ1v) is 5.86. The number of nitrogens with one attached hydrogen (secondary N) is 1. The quantitative estimate of drug-likeness (QED) is 0.665. The summed E-state index contributed by atoms with van der Waals surface area (Å²) in [5.74, 6) is -1.43. The second-order valence-corrected chi connectivity index (χ2v) is 4.30. The van der Waals surface area contributed by atoms with Crippen molar-refractivity contribution >= 4 is 23.1 Å². The van der Waals surface area contributed by atoms with E-state index in [0.717, 1.165) is 12.3 Å². The van der Waals surface area contributed by atoms with Crippen LogP contribution in [0.25, 0.3) is 0 Å². The number of carbonyl (C=O) groups excluding carboxylic acids is 1. The van der Waals surface area contributed by atoms with Crippen LogP contribution in [0.2, 0.25) is 0 Å². The zero-order chi connectivity index (χ0) is 15.6. The minimum atomic E-state index is -0.685. The molecule has 0 aliphatic carbocycles. The van der Waals surface area contributed by atoms with Gasteiger partial charge in [0.05, 0.1) is 16.7 Å². The highest BCUT2D eigenvalue weighted by atomic mass is 19.1. The monoisotopic (exact) mass is 290 g/mol. The van der Waals surface area contributed by atoms with Crippen molar-refractivity contribution in [2.24, 2.45) is 0 Å². The number of nitrogen functional groups attached to an aromatic ring is 1. The number of hydrogen-bond donors (Lipinski definition) is 2. The van der Waals surface area contributed by atoms with Crippen LogP contribution < -0.4 is 11.1 Å². The summed E-state index contributed by atoms with van der Waals surface area (Å²) in [5.41, 5.74) is 6.20. The molecule has 7 nitrogen and oxygen atoms in total. The second-order valence-electron chi connectivity index (χ2n) is 4.30. The third kappa shape index (κ3) is 3.11. The standard InChI is InChI=1S/C13H11FN4O3/c1-7-4-9(18(20)21)2-3-11(7)17-13(19)10-5-8(14)6-16-12(10)15/h2-6H,1H3,(H2,15,16)(H,17,19). The largest absolute Gasteiger partial charge is 0.383 e. The fourth-order valence-corrected chi connectivity index (χ4v) is 1.72. The number of non-ortho nitro benzene ring substituents is 1. The number of pyridine rings is 1. The number of nitro groups is 1. The highest BCUT2D eigenvalue weighted by molar-refractivity contribution is 6.07. The smallest absolute Gasteiger partial charge is 0.269 e. The molecule has 0 radical (unpaired) electrons. The SMILES string of the molecule is Cc1cc([N+](=O)[O-])ccc1NC(=O)c1cc(F)cnc1N. The van der Waals surface area contributed by atoms with E-state index in [1.165, 1.54) is 18.2 Å². The molecular formula is C13H11FN4O3. The van der Waals surface area contributed by atoms with Crippen LogP contribution in [0.3, 0.4) is 0 Å². The maximum atomic E-state index is 13.1. The lowest BCUT2D eigenvalue weighted by molar-refractivity contribution is -0.384. The Balaban J connectivity index is 2.27. The zero-order valence-corrected chi connectivity index (χ0v) is 11.0. The molecule has 1 aromatic heterocycles. The topological polar surface area (TPSA) is 111 Å². The van der Waals surface area contributed by atoms with E-state index in [0.29, 0.717) is 11.3 Å². The molecule has 1 aromatic carbocycles. The molecule has 0 saturated carbocycles. The summed E-state index contributed by atoms with van der Waals surface area (Å²) in [5, 5.41) is 13.2. The predicted octanol–water partition coefficient (Wildman–Crippen LogP) is 2.27. The summed E-state index contributed by atoms with van der Waals surface area (Å²) in [6.45, 7) is 1.61. The number of benzene rings is 1. The van der Waals surface area contributed by atoms with E-state index >= 15 is 0 Å². The molecule has 0 unspecified atom stereocenters. The minimum Gasteiger partial charge on any atom is -0.383 e. The predicted molar refractivity (Wildman–Crippen MR) is 74.4 cm³/mol. The molecule has 0 bridgehead atoms. The fraction of sp³-hybridized carbons (Fsp3) is 0.0769. The highest BCUT2D eigenvalue weighted by Crippen LogP contribution is 2.22.